The summed E-state index contributed by atoms with van der Waals surface area (Å²) < 4.78 is 37.5. The molecular weight excluding hydrogens is 266 g/mol. The summed E-state index contributed by atoms with van der Waals surface area (Å²) in [4.78, 5) is 10.9. The van der Waals surface area contributed by atoms with Crippen LogP contribution in [-0.4, -0.2) is 11.8 Å². The van der Waals surface area contributed by atoms with Gasteiger partial charge in [0.1, 0.15) is 5.88 Å². The van der Waals surface area contributed by atoms with E-state index in [1.54, 1.807) is 0 Å². The average Bonchev–Trinajstić information content (AvgIpc) is 2.15. The third-order valence-electron chi connectivity index (χ3n) is 1.68. The molecule has 16 heavy (non-hydrogen) atoms. The van der Waals surface area contributed by atoms with Crippen LogP contribution in [0.3, 0.4) is 0 Å². The van der Waals surface area contributed by atoms with Crippen molar-refractivity contribution >= 4 is 34.8 Å². The molecule has 1 aromatic carbocycles. The van der Waals surface area contributed by atoms with E-state index in [0.717, 1.165) is 18.2 Å². The van der Waals surface area contributed by atoms with Gasteiger partial charge in [-0.25, -0.2) is 0 Å². The van der Waals surface area contributed by atoms with E-state index >= 15 is 0 Å². The number of hydrogen-bond donors (Lipinski definition) is 1. The summed E-state index contributed by atoms with van der Waals surface area (Å²) in [5.74, 6) is -1.15. The van der Waals surface area contributed by atoms with E-state index in [0.29, 0.717) is 0 Å². The molecular formula is C9H6Cl2F3NO. The van der Waals surface area contributed by atoms with Crippen molar-refractivity contribution in [1.82, 2.24) is 0 Å². The minimum atomic E-state index is -4.56. The summed E-state index contributed by atoms with van der Waals surface area (Å²) in [6.07, 6.45) is -4.56. The van der Waals surface area contributed by atoms with Gasteiger partial charge in [-0.05, 0) is 18.2 Å². The van der Waals surface area contributed by atoms with E-state index in [1.807, 2.05) is 5.32 Å². The Balaban J connectivity index is 3.13. The quantitative estimate of drug-likeness (QED) is 0.820. The highest BCUT2D eigenvalue weighted by Crippen LogP contribution is 2.36. The number of nitrogens with one attached hydrogen (secondary N) is 1. The minimum Gasteiger partial charge on any atom is -0.324 e. The van der Waals surface area contributed by atoms with E-state index in [4.69, 9.17) is 23.2 Å². The van der Waals surface area contributed by atoms with Crippen LogP contribution in [-0.2, 0) is 11.0 Å². The molecule has 1 rings (SSSR count). The standard InChI is InChI=1S/C9H6Cl2F3NO/c10-4-8(16)15-7-3-5(11)1-2-6(7)9(12,13)14/h1-3H,4H2,(H,15,16). The monoisotopic (exact) mass is 271 g/mol. The number of carbonyl (C=O) groups excluding carboxylic acids is 1. The Morgan fingerprint density at radius 2 is 2.00 bits per heavy atom. The van der Waals surface area contributed by atoms with E-state index < -0.39 is 29.2 Å². The Bertz CT molecular complexity index is 406. The van der Waals surface area contributed by atoms with Crippen molar-refractivity contribution in [1.29, 1.82) is 0 Å². The molecule has 0 unspecified atom stereocenters. The lowest BCUT2D eigenvalue weighted by atomic mass is 10.1. The molecule has 0 aliphatic heterocycles. The molecule has 0 atom stereocenters. The molecule has 0 heterocycles. The molecule has 2 nitrogen and oxygen atoms in total. The van der Waals surface area contributed by atoms with Crippen LogP contribution in [0.15, 0.2) is 18.2 Å². The van der Waals surface area contributed by atoms with Crippen LogP contribution < -0.4 is 5.32 Å². The second-order valence-corrected chi connectivity index (χ2v) is 3.57. The number of amides is 1. The third-order valence-corrected chi connectivity index (χ3v) is 2.16. The number of benzene rings is 1. The SMILES string of the molecule is O=C(CCl)Nc1cc(Cl)ccc1C(F)(F)F. The second-order valence-electron chi connectivity index (χ2n) is 2.87. The van der Waals surface area contributed by atoms with Crippen molar-refractivity contribution in [3.05, 3.63) is 28.8 Å². The van der Waals surface area contributed by atoms with Crippen LogP contribution in [0.4, 0.5) is 18.9 Å². The van der Waals surface area contributed by atoms with E-state index in [1.165, 1.54) is 0 Å². The zero-order chi connectivity index (χ0) is 12.3. The van der Waals surface area contributed by atoms with Crippen molar-refractivity contribution in [2.75, 3.05) is 11.2 Å². The summed E-state index contributed by atoms with van der Waals surface area (Å²) in [5, 5.41) is 2.13. The number of rotatable bonds is 2. The lowest BCUT2D eigenvalue weighted by Crippen LogP contribution is -2.17. The van der Waals surface area contributed by atoms with Crippen LogP contribution in [0.5, 0.6) is 0 Å². The smallest absolute Gasteiger partial charge is 0.324 e. The van der Waals surface area contributed by atoms with Gasteiger partial charge < -0.3 is 5.32 Å². The molecule has 0 aliphatic rings. The number of alkyl halides is 4. The molecule has 1 amide bonds. The van der Waals surface area contributed by atoms with Crippen molar-refractivity contribution in [2.24, 2.45) is 0 Å². The van der Waals surface area contributed by atoms with Crippen LogP contribution in [0.2, 0.25) is 5.02 Å². The van der Waals surface area contributed by atoms with Crippen LogP contribution in [0, 0.1) is 0 Å². The first-order valence-electron chi connectivity index (χ1n) is 4.07. The molecule has 0 saturated carbocycles. The number of hydrogen-bond acceptors (Lipinski definition) is 1. The fourth-order valence-corrected chi connectivity index (χ4v) is 1.29. The van der Waals surface area contributed by atoms with E-state index in [-0.39, 0.29) is 5.02 Å². The molecule has 0 fully saturated rings. The van der Waals surface area contributed by atoms with Gasteiger partial charge in [0, 0.05) is 5.02 Å². The first-order chi connectivity index (χ1) is 7.34. The van der Waals surface area contributed by atoms with Crippen molar-refractivity contribution in [3.8, 4) is 0 Å². The highest BCUT2D eigenvalue weighted by molar-refractivity contribution is 6.31. The zero-order valence-electron chi connectivity index (χ0n) is 7.74. The first kappa shape index (κ1) is 13.1. The largest absolute Gasteiger partial charge is 0.418 e. The molecule has 0 spiro atoms. The number of carbonyl (C=O) groups is 1. The van der Waals surface area contributed by atoms with Crippen molar-refractivity contribution < 1.29 is 18.0 Å². The maximum absolute atomic E-state index is 12.5. The molecule has 1 aromatic rings. The van der Waals surface area contributed by atoms with Gasteiger partial charge in [0.25, 0.3) is 0 Å². The van der Waals surface area contributed by atoms with Gasteiger partial charge in [0.15, 0.2) is 0 Å². The summed E-state index contributed by atoms with van der Waals surface area (Å²) in [6.45, 7) is 0. The van der Waals surface area contributed by atoms with Gasteiger partial charge >= 0.3 is 6.18 Å². The Morgan fingerprint density at radius 3 is 2.50 bits per heavy atom. The molecule has 0 bridgehead atoms. The maximum Gasteiger partial charge on any atom is 0.418 e. The summed E-state index contributed by atoms with van der Waals surface area (Å²) in [6, 6.07) is 2.92. The van der Waals surface area contributed by atoms with Crippen LogP contribution in [0.25, 0.3) is 0 Å². The van der Waals surface area contributed by atoms with Gasteiger partial charge in [0.2, 0.25) is 5.91 Å². The lowest BCUT2D eigenvalue weighted by Gasteiger charge is -2.13. The minimum absolute atomic E-state index is 0.0953. The molecule has 88 valence electrons. The van der Waals surface area contributed by atoms with Gasteiger partial charge in [-0.2, -0.15) is 13.2 Å². The Labute approximate surface area is 99.3 Å². The van der Waals surface area contributed by atoms with Gasteiger partial charge in [-0.3, -0.25) is 4.79 Å². The predicted octanol–water partition coefficient (Wildman–Crippen LogP) is 3.54. The third kappa shape index (κ3) is 3.28. The Hall–Kier alpha value is -0.940. The fourth-order valence-electron chi connectivity index (χ4n) is 1.05. The normalized spacial score (nSPS) is 11.3. The average molecular weight is 272 g/mol. The lowest BCUT2D eigenvalue weighted by molar-refractivity contribution is -0.136. The molecule has 1 N–H and O–H groups in total. The number of anilines is 1. The molecule has 0 aromatic heterocycles. The summed E-state index contributed by atoms with van der Waals surface area (Å²) in [5.41, 5.74) is -1.36. The topological polar surface area (TPSA) is 29.1 Å². The predicted molar refractivity (Wildman–Crippen MR) is 55.8 cm³/mol. The molecule has 0 aliphatic carbocycles. The zero-order valence-corrected chi connectivity index (χ0v) is 9.25. The highest BCUT2D eigenvalue weighted by Gasteiger charge is 2.33. The van der Waals surface area contributed by atoms with Crippen molar-refractivity contribution in [3.63, 3.8) is 0 Å². The van der Waals surface area contributed by atoms with Gasteiger partial charge in [0.05, 0.1) is 11.3 Å². The van der Waals surface area contributed by atoms with Gasteiger partial charge in [-0.15, -0.1) is 11.6 Å². The first-order valence-corrected chi connectivity index (χ1v) is 4.98. The Kier molecular flexibility index (Phi) is 4.04. The van der Waals surface area contributed by atoms with Crippen LogP contribution in [0.1, 0.15) is 5.56 Å². The van der Waals surface area contributed by atoms with Crippen LogP contribution >= 0.6 is 23.2 Å². The fraction of sp³-hybridized carbons (Fsp3) is 0.222. The maximum atomic E-state index is 12.5. The second kappa shape index (κ2) is 4.93. The number of halogens is 5. The molecule has 7 heteroatoms. The molecule has 0 saturated heterocycles. The molecule has 0 radical (unpaired) electrons. The van der Waals surface area contributed by atoms with Gasteiger partial charge in [-0.1, -0.05) is 11.6 Å². The summed E-state index contributed by atoms with van der Waals surface area (Å²) in [7, 11) is 0. The van der Waals surface area contributed by atoms with E-state index in [2.05, 4.69) is 0 Å². The van der Waals surface area contributed by atoms with E-state index in [9.17, 15) is 18.0 Å². The highest BCUT2D eigenvalue weighted by atomic mass is 35.5. The Morgan fingerprint density at radius 1 is 1.38 bits per heavy atom. The van der Waals surface area contributed by atoms with Crippen molar-refractivity contribution in [2.45, 2.75) is 6.18 Å². The summed E-state index contributed by atoms with van der Waals surface area (Å²) >= 11 is 10.7.